The minimum absolute atomic E-state index is 0.582. The van der Waals surface area contributed by atoms with Gasteiger partial charge in [-0.15, -0.1) is 11.3 Å². The van der Waals surface area contributed by atoms with E-state index in [2.05, 4.69) is 78.9 Å². The highest BCUT2D eigenvalue weighted by Gasteiger charge is 2.21. The van der Waals surface area contributed by atoms with Gasteiger partial charge in [0.2, 0.25) is 0 Å². The first kappa shape index (κ1) is 28.2. The number of para-hydroxylation sites is 2. The van der Waals surface area contributed by atoms with E-state index in [4.69, 9.17) is 23.8 Å². The molecule has 0 aliphatic rings. The van der Waals surface area contributed by atoms with E-state index >= 15 is 0 Å². The van der Waals surface area contributed by atoms with Crippen molar-refractivity contribution in [1.82, 2.24) is 15.0 Å². The zero-order valence-corrected chi connectivity index (χ0v) is 27.8. The second-order valence-corrected chi connectivity index (χ2v) is 13.8. The standard InChI is InChI=1S/C45H25N3O2S/c1-2-10-26(11-3-1)43-46-44(28-19-23-38-35(24-28)30-12-4-7-15-36(30)49-38)48-45(47-43)34-22-21-29(42-41(34)33-14-5-8-16-37(33)50-42)27-18-20-32-31-13-6-9-17-39(31)51-40(32)25-27/h1-25H. The maximum atomic E-state index is 6.70. The minimum Gasteiger partial charge on any atom is -0.456 e. The highest BCUT2D eigenvalue weighted by atomic mass is 32.1. The molecule has 0 aliphatic heterocycles. The number of benzene rings is 7. The van der Waals surface area contributed by atoms with E-state index in [1.165, 1.54) is 20.2 Å². The molecule has 0 radical (unpaired) electrons. The summed E-state index contributed by atoms with van der Waals surface area (Å²) < 4.78 is 15.4. The summed E-state index contributed by atoms with van der Waals surface area (Å²) in [6.45, 7) is 0. The van der Waals surface area contributed by atoms with Gasteiger partial charge in [-0.05, 0) is 60.2 Å². The van der Waals surface area contributed by atoms with E-state index in [0.29, 0.717) is 17.5 Å². The Morgan fingerprint density at radius 3 is 1.86 bits per heavy atom. The zero-order chi connectivity index (χ0) is 33.5. The van der Waals surface area contributed by atoms with E-state index in [1.807, 2.05) is 84.1 Å². The SMILES string of the molecule is c1ccc(-c2nc(-c3ccc4oc5ccccc5c4c3)nc(-c3ccc(-c4ccc5c(c4)sc4ccccc45)c4oc5ccccc5c34)n2)cc1. The highest BCUT2D eigenvalue weighted by Crippen LogP contribution is 2.43. The molecule has 0 N–H and O–H groups in total. The van der Waals surface area contributed by atoms with Crippen molar-refractivity contribution in [3.63, 3.8) is 0 Å². The molecule has 6 heteroatoms. The van der Waals surface area contributed by atoms with Crippen LogP contribution in [-0.2, 0) is 0 Å². The summed E-state index contributed by atoms with van der Waals surface area (Å²) in [4.78, 5) is 15.3. The molecule has 0 aliphatic carbocycles. The minimum atomic E-state index is 0.582. The monoisotopic (exact) mass is 671 g/mol. The Bertz CT molecular complexity index is 3160. The molecular weight excluding hydrogens is 647 g/mol. The predicted octanol–water partition coefficient (Wildman–Crippen LogP) is 12.7. The third kappa shape index (κ3) is 4.43. The van der Waals surface area contributed by atoms with Crippen molar-refractivity contribution in [3.05, 3.63) is 152 Å². The third-order valence-corrected chi connectivity index (χ3v) is 10.9. The van der Waals surface area contributed by atoms with Crippen LogP contribution in [0.15, 0.2) is 160 Å². The van der Waals surface area contributed by atoms with Crippen LogP contribution in [0.2, 0.25) is 0 Å². The van der Waals surface area contributed by atoms with Crippen LogP contribution in [0.25, 0.3) is 109 Å². The lowest BCUT2D eigenvalue weighted by Crippen LogP contribution is -2.00. The Labute approximate surface area is 295 Å². The van der Waals surface area contributed by atoms with Crippen molar-refractivity contribution in [2.75, 3.05) is 0 Å². The van der Waals surface area contributed by atoms with E-state index in [1.54, 1.807) is 0 Å². The average Bonchev–Trinajstić information content (AvgIpc) is 3.88. The topological polar surface area (TPSA) is 65.0 Å². The normalized spacial score (nSPS) is 11.9. The first-order valence-corrected chi connectivity index (χ1v) is 17.7. The number of nitrogens with zero attached hydrogens (tertiary/aromatic N) is 3. The van der Waals surface area contributed by atoms with Gasteiger partial charge in [0.15, 0.2) is 17.5 Å². The fourth-order valence-electron chi connectivity index (χ4n) is 7.34. The quantitative estimate of drug-likeness (QED) is 0.186. The molecule has 7 aromatic carbocycles. The molecule has 0 saturated carbocycles. The molecule has 11 aromatic rings. The molecule has 0 saturated heterocycles. The maximum absolute atomic E-state index is 6.70. The molecule has 0 unspecified atom stereocenters. The van der Waals surface area contributed by atoms with Crippen LogP contribution < -0.4 is 0 Å². The molecule has 238 valence electrons. The lowest BCUT2D eigenvalue weighted by Gasteiger charge is -2.11. The first-order chi connectivity index (χ1) is 25.2. The van der Waals surface area contributed by atoms with Crippen molar-refractivity contribution in [2.45, 2.75) is 0 Å². The van der Waals surface area contributed by atoms with Crippen LogP contribution in [0.3, 0.4) is 0 Å². The second-order valence-electron chi connectivity index (χ2n) is 12.8. The molecule has 0 fully saturated rings. The summed E-state index contributed by atoms with van der Waals surface area (Å²) in [6, 6.07) is 52.1. The van der Waals surface area contributed by atoms with Gasteiger partial charge in [0.05, 0.1) is 0 Å². The molecule has 0 bridgehead atoms. The fourth-order valence-corrected chi connectivity index (χ4v) is 8.49. The average molecular weight is 672 g/mol. The Hall–Kier alpha value is -6.63. The number of rotatable bonds is 4. The lowest BCUT2D eigenvalue weighted by atomic mass is 9.97. The van der Waals surface area contributed by atoms with Crippen LogP contribution in [0.5, 0.6) is 0 Å². The fraction of sp³-hybridized carbons (Fsp3) is 0. The molecule has 4 heterocycles. The van der Waals surface area contributed by atoms with Crippen molar-refractivity contribution in [2.24, 2.45) is 0 Å². The zero-order valence-electron chi connectivity index (χ0n) is 27.0. The van der Waals surface area contributed by atoms with Gasteiger partial charge in [0, 0.05) is 64.0 Å². The van der Waals surface area contributed by atoms with Gasteiger partial charge < -0.3 is 8.83 Å². The van der Waals surface area contributed by atoms with Gasteiger partial charge in [0.1, 0.15) is 22.3 Å². The lowest BCUT2D eigenvalue weighted by molar-refractivity contribution is 0.669. The van der Waals surface area contributed by atoms with Crippen LogP contribution in [0, 0.1) is 0 Å². The molecule has 0 spiro atoms. The van der Waals surface area contributed by atoms with Crippen molar-refractivity contribution in [1.29, 1.82) is 0 Å². The summed E-state index contributed by atoms with van der Waals surface area (Å²) in [5, 5.41) is 6.63. The van der Waals surface area contributed by atoms with Crippen molar-refractivity contribution in [3.8, 4) is 45.3 Å². The summed E-state index contributed by atoms with van der Waals surface area (Å²) in [7, 11) is 0. The molecule has 11 rings (SSSR count). The van der Waals surface area contributed by atoms with Crippen molar-refractivity contribution < 1.29 is 8.83 Å². The van der Waals surface area contributed by atoms with Gasteiger partial charge in [-0.3, -0.25) is 0 Å². The molecular formula is C45H25N3O2S. The summed E-state index contributed by atoms with van der Waals surface area (Å²) >= 11 is 1.82. The number of furan rings is 2. The number of aromatic nitrogens is 3. The first-order valence-electron chi connectivity index (χ1n) is 16.8. The summed E-state index contributed by atoms with van der Waals surface area (Å²) in [5.41, 5.74) is 8.13. The number of hydrogen-bond donors (Lipinski definition) is 0. The van der Waals surface area contributed by atoms with Gasteiger partial charge in [0.25, 0.3) is 0 Å². The van der Waals surface area contributed by atoms with E-state index in [9.17, 15) is 0 Å². The van der Waals surface area contributed by atoms with Crippen LogP contribution in [-0.4, -0.2) is 15.0 Å². The van der Waals surface area contributed by atoms with Crippen LogP contribution in [0.1, 0.15) is 0 Å². The Kier molecular flexibility index (Phi) is 6.05. The molecule has 0 amide bonds. The Balaban J connectivity index is 1.15. The predicted molar refractivity (Wildman–Crippen MR) is 209 cm³/mol. The largest absolute Gasteiger partial charge is 0.456 e. The molecule has 51 heavy (non-hydrogen) atoms. The highest BCUT2D eigenvalue weighted by molar-refractivity contribution is 7.25. The number of thiophene rings is 1. The third-order valence-electron chi connectivity index (χ3n) is 9.76. The van der Waals surface area contributed by atoms with E-state index < -0.39 is 0 Å². The van der Waals surface area contributed by atoms with Crippen LogP contribution >= 0.6 is 11.3 Å². The Morgan fingerprint density at radius 1 is 0.373 bits per heavy atom. The van der Waals surface area contributed by atoms with E-state index in [0.717, 1.165) is 71.7 Å². The van der Waals surface area contributed by atoms with Gasteiger partial charge in [-0.1, -0.05) is 97.1 Å². The van der Waals surface area contributed by atoms with Gasteiger partial charge in [-0.2, -0.15) is 0 Å². The summed E-state index contributed by atoms with van der Waals surface area (Å²) in [5.74, 6) is 1.78. The second kappa shape index (κ2) is 10.9. The number of fused-ring (bicyclic) bond motifs is 9. The number of hydrogen-bond acceptors (Lipinski definition) is 6. The van der Waals surface area contributed by atoms with E-state index in [-0.39, 0.29) is 0 Å². The van der Waals surface area contributed by atoms with Crippen LogP contribution in [0.4, 0.5) is 0 Å². The smallest absolute Gasteiger partial charge is 0.164 e. The summed E-state index contributed by atoms with van der Waals surface area (Å²) in [6.07, 6.45) is 0. The molecule has 0 atom stereocenters. The maximum Gasteiger partial charge on any atom is 0.164 e. The van der Waals surface area contributed by atoms with Gasteiger partial charge in [-0.25, -0.2) is 15.0 Å². The Morgan fingerprint density at radius 2 is 1.00 bits per heavy atom. The van der Waals surface area contributed by atoms with Crippen molar-refractivity contribution >= 4 is 75.4 Å². The van der Waals surface area contributed by atoms with Gasteiger partial charge >= 0.3 is 0 Å². The molecule has 4 aromatic heterocycles. The molecule has 5 nitrogen and oxygen atoms in total.